The maximum absolute atomic E-state index is 11.1. The van der Waals surface area contributed by atoms with E-state index in [1.165, 1.54) is 0 Å². The number of hydrogen-bond acceptors (Lipinski definition) is 4. The molecule has 0 saturated carbocycles. The van der Waals surface area contributed by atoms with Gasteiger partial charge in [0, 0.05) is 13.5 Å². The van der Waals surface area contributed by atoms with E-state index in [1.807, 2.05) is 6.92 Å². The molecule has 4 nitrogen and oxygen atoms in total. The first-order valence-electron chi connectivity index (χ1n) is 5.55. The van der Waals surface area contributed by atoms with Crippen LogP contribution in [0.5, 0.6) is 0 Å². The number of carbonyl (C=O) groups excluding carboxylic acids is 1. The van der Waals surface area contributed by atoms with Gasteiger partial charge in [-0.2, -0.15) is 4.89 Å². The molecule has 0 aliphatic rings. The van der Waals surface area contributed by atoms with Gasteiger partial charge in [-0.15, -0.1) is 0 Å². The Morgan fingerprint density at radius 3 is 2.67 bits per heavy atom. The van der Waals surface area contributed by atoms with E-state index in [9.17, 15) is 4.79 Å². The molecule has 0 rings (SSSR count). The summed E-state index contributed by atoms with van der Waals surface area (Å²) in [7, 11) is 1.66. The summed E-state index contributed by atoms with van der Waals surface area (Å²) in [4.78, 5) is 20.4. The lowest BCUT2D eigenvalue weighted by molar-refractivity contribution is -0.272. The number of hydrogen-bond donors (Lipinski definition) is 0. The fourth-order valence-corrected chi connectivity index (χ4v) is 1.00. The Hall–Kier alpha value is -0.610. The van der Waals surface area contributed by atoms with Crippen molar-refractivity contribution in [2.45, 2.75) is 52.1 Å². The Labute approximate surface area is 91.8 Å². The van der Waals surface area contributed by atoms with Crippen LogP contribution < -0.4 is 0 Å². The van der Waals surface area contributed by atoms with Crippen LogP contribution >= 0.6 is 0 Å². The molecule has 0 radical (unpaired) electrons. The van der Waals surface area contributed by atoms with Crippen LogP contribution in [0.4, 0.5) is 0 Å². The predicted octanol–water partition coefficient (Wildman–Crippen LogP) is 2.47. The summed E-state index contributed by atoms with van der Waals surface area (Å²) in [6.45, 7) is 4.51. The molecular formula is C11H22O4. The second kappa shape index (κ2) is 9.93. The third-order valence-corrected chi connectivity index (χ3v) is 2.13. The van der Waals surface area contributed by atoms with Crippen molar-refractivity contribution in [3.8, 4) is 0 Å². The standard InChI is InChI=1S/C11H22O4/c1-4-5-9-14-15-11(12)8-6-7-10(2)13-3/h10H,4-9H2,1-3H3. The van der Waals surface area contributed by atoms with Crippen LogP contribution in [0, 0.1) is 0 Å². The van der Waals surface area contributed by atoms with Crippen molar-refractivity contribution < 1.29 is 19.3 Å². The monoisotopic (exact) mass is 218 g/mol. The molecule has 0 aromatic heterocycles. The highest BCUT2D eigenvalue weighted by Crippen LogP contribution is 2.04. The molecule has 1 unspecified atom stereocenters. The topological polar surface area (TPSA) is 44.8 Å². The van der Waals surface area contributed by atoms with Gasteiger partial charge in [-0.3, -0.25) is 4.89 Å². The highest BCUT2D eigenvalue weighted by Gasteiger charge is 2.06. The van der Waals surface area contributed by atoms with Gasteiger partial charge in [0.1, 0.15) is 0 Å². The molecule has 0 aliphatic carbocycles. The fraction of sp³-hybridized carbons (Fsp3) is 0.909. The van der Waals surface area contributed by atoms with Crippen molar-refractivity contribution in [2.24, 2.45) is 0 Å². The zero-order chi connectivity index (χ0) is 11.5. The van der Waals surface area contributed by atoms with Gasteiger partial charge in [0.15, 0.2) is 0 Å². The summed E-state index contributed by atoms with van der Waals surface area (Å²) >= 11 is 0. The highest BCUT2D eigenvalue weighted by atomic mass is 17.2. The molecule has 0 N–H and O–H groups in total. The number of methoxy groups -OCH3 is 1. The van der Waals surface area contributed by atoms with Gasteiger partial charge >= 0.3 is 5.97 Å². The van der Waals surface area contributed by atoms with Crippen LogP contribution in [-0.2, 0) is 19.3 Å². The Kier molecular flexibility index (Phi) is 9.52. The smallest absolute Gasteiger partial charge is 0.342 e. The van der Waals surface area contributed by atoms with Crippen LogP contribution in [0.2, 0.25) is 0 Å². The summed E-state index contributed by atoms with van der Waals surface area (Å²) in [6, 6.07) is 0. The van der Waals surface area contributed by atoms with E-state index < -0.39 is 0 Å². The molecular weight excluding hydrogens is 196 g/mol. The van der Waals surface area contributed by atoms with Gasteiger partial charge in [0.05, 0.1) is 12.7 Å². The molecule has 0 spiro atoms. The van der Waals surface area contributed by atoms with Crippen LogP contribution in [0.15, 0.2) is 0 Å². The summed E-state index contributed by atoms with van der Waals surface area (Å²) in [5.74, 6) is -0.297. The fourth-order valence-electron chi connectivity index (χ4n) is 1.00. The van der Waals surface area contributed by atoms with Crippen molar-refractivity contribution in [1.29, 1.82) is 0 Å². The van der Waals surface area contributed by atoms with E-state index in [4.69, 9.17) is 9.62 Å². The summed E-state index contributed by atoms with van der Waals surface area (Å²) in [6.07, 6.45) is 4.15. The molecule has 0 fully saturated rings. The van der Waals surface area contributed by atoms with Gasteiger partial charge in [0.25, 0.3) is 0 Å². The molecule has 0 bridgehead atoms. The SMILES string of the molecule is CCCCOOC(=O)CCCC(C)OC. The third kappa shape index (κ3) is 9.69. The van der Waals surface area contributed by atoms with E-state index in [0.29, 0.717) is 13.0 Å². The molecule has 0 heterocycles. The normalized spacial score (nSPS) is 12.5. The number of ether oxygens (including phenoxy) is 1. The lowest BCUT2D eigenvalue weighted by atomic mass is 10.2. The Morgan fingerprint density at radius 2 is 2.07 bits per heavy atom. The minimum absolute atomic E-state index is 0.193. The Bertz CT molecular complexity index is 159. The van der Waals surface area contributed by atoms with E-state index in [0.717, 1.165) is 25.7 Å². The lowest BCUT2D eigenvalue weighted by Crippen LogP contribution is -2.09. The molecule has 4 heteroatoms. The highest BCUT2D eigenvalue weighted by molar-refractivity contribution is 5.68. The summed E-state index contributed by atoms with van der Waals surface area (Å²) < 4.78 is 5.06. The molecule has 0 saturated heterocycles. The van der Waals surface area contributed by atoms with Crippen molar-refractivity contribution in [3.05, 3.63) is 0 Å². The second-order valence-corrected chi connectivity index (χ2v) is 3.57. The van der Waals surface area contributed by atoms with Crippen LogP contribution in [0.25, 0.3) is 0 Å². The number of unbranched alkanes of at least 4 members (excludes halogenated alkanes) is 1. The van der Waals surface area contributed by atoms with E-state index >= 15 is 0 Å². The first-order valence-corrected chi connectivity index (χ1v) is 5.55. The maximum Gasteiger partial charge on any atom is 0.342 e. The Balaban J connectivity index is 3.26. The molecule has 1 atom stereocenters. The van der Waals surface area contributed by atoms with Gasteiger partial charge < -0.3 is 4.74 Å². The zero-order valence-corrected chi connectivity index (χ0v) is 9.95. The predicted molar refractivity (Wildman–Crippen MR) is 57.3 cm³/mol. The average molecular weight is 218 g/mol. The first-order chi connectivity index (χ1) is 7.20. The second-order valence-electron chi connectivity index (χ2n) is 3.57. The van der Waals surface area contributed by atoms with Gasteiger partial charge in [0.2, 0.25) is 0 Å². The number of carbonyl (C=O) groups is 1. The minimum Gasteiger partial charge on any atom is -0.382 e. The molecule has 15 heavy (non-hydrogen) atoms. The minimum atomic E-state index is -0.297. The largest absolute Gasteiger partial charge is 0.382 e. The van der Waals surface area contributed by atoms with E-state index in [1.54, 1.807) is 7.11 Å². The van der Waals surface area contributed by atoms with E-state index in [2.05, 4.69) is 11.8 Å². The van der Waals surface area contributed by atoms with Gasteiger partial charge in [-0.05, 0) is 26.2 Å². The van der Waals surface area contributed by atoms with Crippen LogP contribution in [0.1, 0.15) is 46.0 Å². The van der Waals surface area contributed by atoms with Gasteiger partial charge in [-0.25, -0.2) is 4.79 Å². The van der Waals surface area contributed by atoms with Crippen molar-refractivity contribution in [1.82, 2.24) is 0 Å². The first kappa shape index (κ1) is 14.4. The van der Waals surface area contributed by atoms with Crippen molar-refractivity contribution >= 4 is 5.97 Å². The molecule has 0 amide bonds. The molecule has 0 aliphatic heterocycles. The zero-order valence-electron chi connectivity index (χ0n) is 9.95. The summed E-state index contributed by atoms with van der Waals surface area (Å²) in [5, 5.41) is 0. The number of rotatable bonds is 9. The van der Waals surface area contributed by atoms with Crippen LogP contribution in [0.3, 0.4) is 0 Å². The average Bonchev–Trinajstić information content (AvgIpc) is 2.24. The quantitative estimate of drug-likeness (QED) is 0.339. The maximum atomic E-state index is 11.1. The lowest BCUT2D eigenvalue weighted by Gasteiger charge is -2.07. The molecule has 0 aromatic rings. The van der Waals surface area contributed by atoms with E-state index in [-0.39, 0.29) is 12.1 Å². The van der Waals surface area contributed by atoms with Crippen molar-refractivity contribution in [3.63, 3.8) is 0 Å². The third-order valence-electron chi connectivity index (χ3n) is 2.13. The molecule has 90 valence electrons. The van der Waals surface area contributed by atoms with Gasteiger partial charge in [-0.1, -0.05) is 13.3 Å². The summed E-state index contributed by atoms with van der Waals surface area (Å²) in [5.41, 5.74) is 0. The van der Waals surface area contributed by atoms with Crippen molar-refractivity contribution in [2.75, 3.05) is 13.7 Å². The van der Waals surface area contributed by atoms with Crippen LogP contribution in [-0.4, -0.2) is 25.8 Å². The Morgan fingerprint density at radius 1 is 1.33 bits per heavy atom. The molecule has 0 aromatic carbocycles.